The number of likely N-dealkylation sites (tertiary alicyclic amines) is 1. The summed E-state index contributed by atoms with van der Waals surface area (Å²) in [6.45, 7) is 6.12. The molecule has 0 saturated carbocycles. The molecule has 1 saturated heterocycles. The van der Waals surface area contributed by atoms with Crippen molar-refractivity contribution < 1.29 is 14.6 Å². The minimum atomic E-state index is -0.706. The third-order valence-electron chi connectivity index (χ3n) is 3.42. The fourth-order valence-electron chi connectivity index (χ4n) is 2.57. The molecule has 0 aromatic heterocycles. The van der Waals surface area contributed by atoms with Gasteiger partial charge in [-0.25, -0.2) is 4.79 Å². The molecule has 1 aliphatic rings. The summed E-state index contributed by atoms with van der Waals surface area (Å²) in [6.07, 6.45) is 0.505. The first-order valence-corrected chi connectivity index (χ1v) is 7.34. The smallest absolute Gasteiger partial charge is 0.407 e. The van der Waals surface area contributed by atoms with Gasteiger partial charge in [0.05, 0.1) is 5.60 Å². The van der Waals surface area contributed by atoms with Crippen LogP contribution in [0.3, 0.4) is 0 Å². The van der Waals surface area contributed by atoms with E-state index in [1.165, 1.54) is 0 Å². The van der Waals surface area contributed by atoms with Crippen molar-refractivity contribution >= 4 is 6.09 Å². The van der Waals surface area contributed by atoms with E-state index >= 15 is 0 Å². The van der Waals surface area contributed by atoms with Gasteiger partial charge in [-0.05, 0) is 25.8 Å². The number of benzene rings is 1. The van der Waals surface area contributed by atoms with Gasteiger partial charge in [0.25, 0.3) is 0 Å². The molecule has 2 rings (SSSR count). The third-order valence-corrected chi connectivity index (χ3v) is 3.42. The third kappa shape index (κ3) is 5.73. The lowest BCUT2D eigenvalue weighted by molar-refractivity contribution is 0.0433. The van der Waals surface area contributed by atoms with Crippen molar-refractivity contribution in [2.24, 2.45) is 0 Å². The molecule has 0 aliphatic carbocycles. The summed E-state index contributed by atoms with van der Waals surface area (Å²) in [5.41, 5.74) is 0.269. The number of ether oxygens (including phenoxy) is 1. The first kappa shape index (κ1) is 15.8. The molecule has 1 fully saturated rings. The van der Waals surface area contributed by atoms with E-state index in [9.17, 15) is 9.90 Å². The van der Waals surface area contributed by atoms with Crippen molar-refractivity contribution in [3.63, 3.8) is 0 Å². The molecule has 1 aromatic rings. The zero-order chi connectivity index (χ0) is 15.3. The second-order valence-electron chi connectivity index (χ2n) is 6.24. The van der Waals surface area contributed by atoms with E-state index in [2.05, 4.69) is 10.2 Å². The molecule has 1 amide bonds. The van der Waals surface area contributed by atoms with Crippen LogP contribution in [0.5, 0.6) is 0 Å². The molecule has 1 heterocycles. The molecule has 21 heavy (non-hydrogen) atoms. The molecule has 0 radical (unpaired) electrons. The summed E-state index contributed by atoms with van der Waals surface area (Å²) in [5.74, 6) is 0. The normalized spacial score (nSPS) is 19.5. The highest BCUT2D eigenvalue weighted by molar-refractivity contribution is 5.67. The fourth-order valence-corrected chi connectivity index (χ4v) is 2.57. The molecule has 1 aromatic carbocycles. The van der Waals surface area contributed by atoms with Gasteiger partial charge in [-0.2, -0.15) is 0 Å². The van der Waals surface area contributed by atoms with E-state index in [1.54, 1.807) is 13.8 Å². The van der Waals surface area contributed by atoms with Crippen LogP contribution in [0.4, 0.5) is 4.79 Å². The monoisotopic (exact) mass is 292 g/mol. The van der Waals surface area contributed by atoms with Crippen LogP contribution < -0.4 is 5.32 Å². The summed E-state index contributed by atoms with van der Waals surface area (Å²) in [5, 5.41) is 12.7. The number of hydrogen-bond donors (Lipinski definition) is 2. The molecule has 1 atom stereocenters. The van der Waals surface area contributed by atoms with Crippen molar-refractivity contribution in [1.82, 2.24) is 10.2 Å². The van der Waals surface area contributed by atoms with Gasteiger partial charge in [-0.1, -0.05) is 30.3 Å². The first-order valence-electron chi connectivity index (χ1n) is 7.34. The van der Waals surface area contributed by atoms with Gasteiger partial charge in [0.2, 0.25) is 0 Å². The Morgan fingerprint density at radius 3 is 2.81 bits per heavy atom. The highest BCUT2D eigenvalue weighted by Gasteiger charge is 2.27. The van der Waals surface area contributed by atoms with E-state index < -0.39 is 5.60 Å². The van der Waals surface area contributed by atoms with E-state index in [0.29, 0.717) is 6.54 Å². The van der Waals surface area contributed by atoms with Gasteiger partial charge in [0.1, 0.15) is 6.61 Å². The number of aliphatic hydroxyl groups is 1. The van der Waals surface area contributed by atoms with Crippen molar-refractivity contribution in [2.75, 3.05) is 19.6 Å². The van der Waals surface area contributed by atoms with Crippen LogP contribution in [0.15, 0.2) is 30.3 Å². The molecular weight excluding hydrogens is 268 g/mol. The molecule has 5 heteroatoms. The number of rotatable bonds is 5. The predicted molar refractivity (Wildman–Crippen MR) is 80.9 cm³/mol. The lowest BCUT2D eigenvalue weighted by Gasteiger charge is -2.25. The molecule has 5 nitrogen and oxygen atoms in total. The standard InChI is InChI=1S/C16H24N2O3/c1-16(2,20)12-18-9-8-14(10-18)17-15(19)21-11-13-6-4-3-5-7-13/h3-7,14,20H,8-12H2,1-2H3,(H,17,19)/t14-/m0/s1. The molecule has 0 unspecified atom stereocenters. The Kier molecular flexibility index (Phi) is 5.20. The van der Waals surface area contributed by atoms with Gasteiger partial charge >= 0.3 is 6.09 Å². The predicted octanol–water partition coefficient (Wildman–Crippen LogP) is 1.76. The number of β-amino-alcohol motifs (C(OH)–C–C–N with tert-alkyl or cyclic N) is 1. The fraction of sp³-hybridized carbons (Fsp3) is 0.562. The van der Waals surface area contributed by atoms with Gasteiger partial charge < -0.3 is 15.2 Å². The summed E-state index contributed by atoms with van der Waals surface area (Å²) < 4.78 is 5.21. The Balaban J connectivity index is 1.69. The zero-order valence-electron chi connectivity index (χ0n) is 12.7. The summed E-state index contributed by atoms with van der Waals surface area (Å²) in [6, 6.07) is 9.71. The largest absolute Gasteiger partial charge is 0.445 e. The van der Waals surface area contributed by atoms with Gasteiger partial charge in [0, 0.05) is 25.7 Å². The van der Waals surface area contributed by atoms with E-state index in [4.69, 9.17) is 4.74 Å². The molecule has 1 aliphatic heterocycles. The Labute approximate surface area is 125 Å². The van der Waals surface area contributed by atoms with E-state index in [0.717, 1.165) is 25.1 Å². The number of hydrogen-bond acceptors (Lipinski definition) is 4. The van der Waals surface area contributed by atoms with E-state index in [1.807, 2.05) is 30.3 Å². The number of alkyl carbamates (subject to hydrolysis) is 1. The number of carbonyl (C=O) groups is 1. The molecule has 2 N–H and O–H groups in total. The second-order valence-corrected chi connectivity index (χ2v) is 6.24. The van der Waals surface area contributed by atoms with Crippen LogP contribution in [-0.2, 0) is 11.3 Å². The second kappa shape index (κ2) is 6.91. The number of nitrogens with one attached hydrogen (secondary N) is 1. The highest BCUT2D eigenvalue weighted by atomic mass is 16.5. The van der Waals surface area contributed by atoms with Crippen LogP contribution in [0.2, 0.25) is 0 Å². The Hall–Kier alpha value is -1.59. The lowest BCUT2D eigenvalue weighted by Crippen LogP contribution is -2.41. The zero-order valence-corrected chi connectivity index (χ0v) is 12.7. The maximum atomic E-state index is 11.8. The maximum Gasteiger partial charge on any atom is 0.407 e. The van der Waals surface area contributed by atoms with Gasteiger partial charge in [0.15, 0.2) is 0 Å². The first-order chi connectivity index (χ1) is 9.92. The maximum absolute atomic E-state index is 11.8. The van der Waals surface area contributed by atoms with Crippen LogP contribution in [0.1, 0.15) is 25.8 Å². The molecule has 116 valence electrons. The van der Waals surface area contributed by atoms with Gasteiger partial charge in [-0.15, -0.1) is 0 Å². The summed E-state index contributed by atoms with van der Waals surface area (Å²) in [4.78, 5) is 13.9. The van der Waals surface area contributed by atoms with Crippen LogP contribution in [0, 0.1) is 0 Å². The Bertz CT molecular complexity index is 456. The summed E-state index contributed by atoms with van der Waals surface area (Å²) >= 11 is 0. The van der Waals surface area contributed by atoms with E-state index in [-0.39, 0.29) is 18.7 Å². The topological polar surface area (TPSA) is 61.8 Å². The van der Waals surface area contributed by atoms with Gasteiger partial charge in [-0.3, -0.25) is 4.90 Å². The van der Waals surface area contributed by atoms with Crippen LogP contribution >= 0.6 is 0 Å². The van der Waals surface area contributed by atoms with Crippen molar-refractivity contribution in [1.29, 1.82) is 0 Å². The lowest BCUT2D eigenvalue weighted by atomic mass is 10.1. The Morgan fingerprint density at radius 1 is 1.43 bits per heavy atom. The summed E-state index contributed by atoms with van der Waals surface area (Å²) in [7, 11) is 0. The number of carbonyl (C=O) groups excluding carboxylic acids is 1. The van der Waals surface area contributed by atoms with Crippen molar-refractivity contribution in [3.05, 3.63) is 35.9 Å². The molecule has 0 bridgehead atoms. The minimum Gasteiger partial charge on any atom is -0.445 e. The van der Waals surface area contributed by atoms with Crippen molar-refractivity contribution in [2.45, 2.75) is 38.5 Å². The Morgan fingerprint density at radius 2 is 2.14 bits per heavy atom. The SMILES string of the molecule is CC(C)(O)CN1CC[C@H](NC(=O)OCc2ccccc2)C1. The average molecular weight is 292 g/mol. The molecular formula is C16H24N2O3. The number of nitrogens with zero attached hydrogens (tertiary/aromatic N) is 1. The minimum absolute atomic E-state index is 0.0932. The average Bonchev–Trinajstić information content (AvgIpc) is 2.82. The molecule has 0 spiro atoms. The van der Waals surface area contributed by atoms with Crippen molar-refractivity contribution in [3.8, 4) is 0 Å². The highest BCUT2D eigenvalue weighted by Crippen LogP contribution is 2.13. The van der Waals surface area contributed by atoms with Crippen LogP contribution in [0.25, 0.3) is 0 Å². The quantitative estimate of drug-likeness (QED) is 0.868. The number of amides is 1. The van der Waals surface area contributed by atoms with Crippen LogP contribution in [-0.4, -0.2) is 47.4 Å².